The van der Waals surface area contributed by atoms with E-state index in [2.05, 4.69) is 30.1 Å². The summed E-state index contributed by atoms with van der Waals surface area (Å²) in [5, 5.41) is 3.28. The van der Waals surface area contributed by atoms with Crippen LogP contribution in [0.2, 0.25) is 0 Å². The maximum Gasteiger partial charge on any atom is 0.225 e. The lowest BCUT2D eigenvalue weighted by Crippen LogP contribution is -2.53. The summed E-state index contributed by atoms with van der Waals surface area (Å²) in [5.41, 5.74) is 0. The number of rotatable bonds is 4. The third kappa shape index (κ3) is 5.16. The van der Waals surface area contributed by atoms with E-state index in [-0.39, 0.29) is 29.7 Å². The van der Waals surface area contributed by atoms with Gasteiger partial charge in [-0.3, -0.25) is 4.99 Å². The summed E-state index contributed by atoms with van der Waals surface area (Å²) in [7, 11) is -1.28. The molecule has 0 spiro atoms. The van der Waals surface area contributed by atoms with Crippen molar-refractivity contribution in [3.8, 4) is 0 Å². The molecule has 2 saturated heterocycles. The minimum Gasteiger partial charge on any atom is -0.355 e. The van der Waals surface area contributed by atoms with Crippen molar-refractivity contribution in [2.24, 2.45) is 4.99 Å². The van der Waals surface area contributed by atoms with E-state index in [1.165, 1.54) is 0 Å². The average Bonchev–Trinajstić information content (AvgIpc) is 2.98. The zero-order valence-electron chi connectivity index (χ0n) is 14.9. The molecule has 1 aromatic heterocycles. The monoisotopic (exact) mass is 495 g/mol. The lowest BCUT2D eigenvalue weighted by atomic mass is 10.3. The molecule has 0 aliphatic carbocycles. The Morgan fingerprint density at radius 3 is 2.46 bits per heavy atom. The molecule has 2 aliphatic heterocycles. The van der Waals surface area contributed by atoms with Gasteiger partial charge in [-0.15, -0.1) is 24.0 Å². The Hall–Kier alpha value is -1.21. The molecule has 3 heterocycles. The number of aromatic nitrogens is 2. The summed E-state index contributed by atoms with van der Waals surface area (Å²) < 4.78 is 25.2. The van der Waals surface area contributed by atoms with Gasteiger partial charge in [0.2, 0.25) is 16.0 Å². The van der Waals surface area contributed by atoms with Crippen LogP contribution >= 0.6 is 24.0 Å². The standard InChI is InChI=1S/C15H25N7O2S.HI/c1-16-14(19-6-8-22-7-3-13-25(22,23)24)20-9-11-21(12-10-20)15-17-4-2-5-18-15;/h2,4-5H,3,6-13H2,1H3,(H,16,19);1H. The predicted molar refractivity (Wildman–Crippen MR) is 113 cm³/mol. The molecule has 1 N–H and O–H groups in total. The summed E-state index contributed by atoms with van der Waals surface area (Å²) in [4.78, 5) is 17.2. The van der Waals surface area contributed by atoms with Crippen molar-refractivity contribution in [2.75, 3.05) is 63.5 Å². The molecule has 11 heteroatoms. The van der Waals surface area contributed by atoms with Crippen molar-refractivity contribution in [1.82, 2.24) is 24.5 Å². The van der Waals surface area contributed by atoms with E-state index in [0.29, 0.717) is 19.6 Å². The highest BCUT2D eigenvalue weighted by molar-refractivity contribution is 14.0. The van der Waals surface area contributed by atoms with Crippen LogP contribution in [0.5, 0.6) is 0 Å². The van der Waals surface area contributed by atoms with Gasteiger partial charge in [0, 0.05) is 65.3 Å². The Morgan fingerprint density at radius 1 is 1.19 bits per heavy atom. The number of anilines is 1. The van der Waals surface area contributed by atoms with Crippen LogP contribution in [0.25, 0.3) is 0 Å². The van der Waals surface area contributed by atoms with E-state index < -0.39 is 10.0 Å². The first-order valence-corrected chi connectivity index (χ1v) is 10.2. The first-order chi connectivity index (χ1) is 12.1. The minimum atomic E-state index is -3.04. The normalized spacial score (nSPS) is 20.7. The van der Waals surface area contributed by atoms with Crippen molar-refractivity contribution in [2.45, 2.75) is 6.42 Å². The zero-order valence-corrected chi connectivity index (χ0v) is 18.1. The van der Waals surface area contributed by atoms with Crippen molar-refractivity contribution in [1.29, 1.82) is 0 Å². The fourth-order valence-electron chi connectivity index (χ4n) is 3.14. The third-order valence-corrected chi connectivity index (χ3v) is 6.43. The molecule has 0 saturated carbocycles. The average molecular weight is 495 g/mol. The van der Waals surface area contributed by atoms with Gasteiger partial charge < -0.3 is 15.1 Å². The molecule has 2 fully saturated rings. The second kappa shape index (κ2) is 9.65. The summed E-state index contributed by atoms with van der Waals surface area (Å²) in [6.07, 6.45) is 4.23. The molecule has 0 radical (unpaired) electrons. The molecule has 0 bridgehead atoms. The fraction of sp³-hybridized carbons (Fsp3) is 0.667. The molecule has 0 unspecified atom stereocenters. The number of piperazine rings is 1. The van der Waals surface area contributed by atoms with Crippen LogP contribution in [0, 0.1) is 0 Å². The Balaban J connectivity index is 0.00000243. The molecule has 1 aromatic rings. The molecule has 2 aliphatic rings. The Labute approximate surface area is 172 Å². The molecule has 0 atom stereocenters. The molecule has 0 amide bonds. The Bertz CT molecular complexity index is 693. The SMILES string of the molecule is CN=C(NCCN1CCCS1(=O)=O)N1CCN(c2ncccn2)CC1.I. The highest BCUT2D eigenvalue weighted by Gasteiger charge is 2.28. The van der Waals surface area contributed by atoms with Gasteiger partial charge in [0.15, 0.2) is 5.96 Å². The van der Waals surface area contributed by atoms with E-state index >= 15 is 0 Å². The van der Waals surface area contributed by atoms with E-state index in [1.807, 2.05) is 6.07 Å². The second-order valence-electron chi connectivity index (χ2n) is 6.07. The maximum absolute atomic E-state index is 11.8. The van der Waals surface area contributed by atoms with Gasteiger partial charge in [-0.2, -0.15) is 0 Å². The van der Waals surface area contributed by atoms with Gasteiger partial charge in [-0.05, 0) is 12.5 Å². The van der Waals surface area contributed by atoms with Crippen LogP contribution in [0.3, 0.4) is 0 Å². The van der Waals surface area contributed by atoms with E-state index in [9.17, 15) is 8.42 Å². The second-order valence-corrected chi connectivity index (χ2v) is 8.15. The quantitative estimate of drug-likeness (QED) is 0.352. The van der Waals surface area contributed by atoms with Gasteiger partial charge in [-0.1, -0.05) is 0 Å². The molecule has 146 valence electrons. The van der Waals surface area contributed by atoms with Gasteiger partial charge in [0.1, 0.15) is 0 Å². The number of nitrogens with zero attached hydrogens (tertiary/aromatic N) is 6. The molecular weight excluding hydrogens is 469 g/mol. The largest absolute Gasteiger partial charge is 0.355 e. The minimum absolute atomic E-state index is 0. The van der Waals surface area contributed by atoms with Gasteiger partial charge in [0.05, 0.1) is 5.75 Å². The molecule has 26 heavy (non-hydrogen) atoms. The fourth-order valence-corrected chi connectivity index (χ4v) is 4.67. The number of hydrogen-bond acceptors (Lipinski definition) is 6. The summed E-state index contributed by atoms with van der Waals surface area (Å²) in [6.45, 7) is 4.96. The number of guanidine groups is 1. The van der Waals surface area contributed by atoms with Gasteiger partial charge >= 0.3 is 0 Å². The van der Waals surface area contributed by atoms with Crippen molar-refractivity contribution in [3.63, 3.8) is 0 Å². The molecular formula is C15H26IN7O2S. The highest BCUT2D eigenvalue weighted by Crippen LogP contribution is 2.12. The number of hydrogen-bond donors (Lipinski definition) is 1. The first-order valence-electron chi connectivity index (χ1n) is 8.55. The smallest absolute Gasteiger partial charge is 0.225 e. The van der Waals surface area contributed by atoms with Crippen LogP contribution in [0.15, 0.2) is 23.5 Å². The number of aliphatic imine (C=N–C) groups is 1. The first kappa shape index (κ1) is 21.1. The van der Waals surface area contributed by atoms with Gasteiger partial charge in [0.25, 0.3) is 0 Å². The van der Waals surface area contributed by atoms with Crippen LogP contribution in [0.1, 0.15) is 6.42 Å². The predicted octanol–water partition coefficient (Wildman–Crippen LogP) is -0.172. The Kier molecular flexibility index (Phi) is 7.83. The Morgan fingerprint density at radius 2 is 1.88 bits per heavy atom. The van der Waals surface area contributed by atoms with Crippen LogP contribution < -0.4 is 10.2 Å². The van der Waals surface area contributed by atoms with Crippen molar-refractivity contribution < 1.29 is 8.42 Å². The molecule has 3 rings (SSSR count). The topological polar surface area (TPSA) is 94.0 Å². The summed E-state index contributed by atoms with van der Waals surface area (Å²) in [5.74, 6) is 1.83. The van der Waals surface area contributed by atoms with Crippen LogP contribution in [-0.4, -0.2) is 92.2 Å². The maximum atomic E-state index is 11.8. The molecule has 9 nitrogen and oxygen atoms in total. The molecule has 0 aromatic carbocycles. The lowest BCUT2D eigenvalue weighted by molar-refractivity contribution is 0.366. The van der Waals surface area contributed by atoms with E-state index in [4.69, 9.17) is 0 Å². The van der Waals surface area contributed by atoms with Crippen molar-refractivity contribution >= 4 is 45.9 Å². The van der Waals surface area contributed by atoms with Crippen molar-refractivity contribution in [3.05, 3.63) is 18.5 Å². The zero-order chi connectivity index (χ0) is 17.7. The number of nitrogens with one attached hydrogen (secondary N) is 1. The summed E-state index contributed by atoms with van der Waals surface area (Å²) in [6, 6.07) is 1.81. The van der Waals surface area contributed by atoms with Gasteiger partial charge in [-0.25, -0.2) is 22.7 Å². The van der Waals surface area contributed by atoms with E-state index in [1.54, 1.807) is 23.7 Å². The van der Waals surface area contributed by atoms with E-state index in [0.717, 1.165) is 44.5 Å². The van der Waals surface area contributed by atoms with Crippen LogP contribution in [0.4, 0.5) is 5.95 Å². The summed E-state index contributed by atoms with van der Waals surface area (Å²) >= 11 is 0. The number of sulfonamides is 1. The third-order valence-electron chi connectivity index (χ3n) is 4.47. The number of halogens is 1. The lowest BCUT2D eigenvalue weighted by Gasteiger charge is -2.36. The highest BCUT2D eigenvalue weighted by atomic mass is 127. The van der Waals surface area contributed by atoms with Crippen LogP contribution in [-0.2, 0) is 10.0 Å².